The maximum Gasteiger partial charge on any atom is 0.461 e. The summed E-state index contributed by atoms with van der Waals surface area (Å²) in [6.45, 7) is 0. The van der Waals surface area contributed by atoms with Gasteiger partial charge in [0.2, 0.25) is 0 Å². The lowest BCUT2D eigenvalue weighted by Crippen LogP contribution is -2.77. The van der Waals surface area contributed by atoms with Crippen molar-refractivity contribution in [1.29, 1.82) is 0 Å². The molecule has 0 aromatic rings. The molecule has 2 unspecified atom stereocenters. The Morgan fingerprint density at radius 3 is 0.516 bits per heavy atom. The van der Waals surface area contributed by atoms with Crippen molar-refractivity contribution in [3.63, 3.8) is 0 Å². The summed E-state index contributed by atoms with van der Waals surface area (Å²) in [7, 11) is 0. The zero-order valence-electron chi connectivity index (χ0n) is 26.9. The van der Waals surface area contributed by atoms with E-state index in [9.17, 15) is 176 Å². The van der Waals surface area contributed by atoms with Gasteiger partial charge in [-0.1, -0.05) is 10.2 Å². The Kier molecular flexibility index (Phi) is 14.2. The van der Waals surface area contributed by atoms with E-state index in [1.807, 2.05) is 0 Å². The molecule has 380 valence electrons. The summed E-state index contributed by atoms with van der Waals surface area (Å²) < 4.78 is 510. The van der Waals surface area contributed by atoms with Crippen LogP contribution in [0.4, 0.5) is 176 Å². The number of carbonyl (C=O) groups excluding carboxylic acids is 2. The molecule has 2 atom stereocenters. The van der Waals surface area contributed by atoms with E-state index >= 15 is 0 Å². The Bertz CT molecular complexity index is 1640. The zero-order chi connectivity index (χ0) is 53.0. The number of hydrogen-bond donors (Lipinski definition) is 0. The van der Waals surface area contributed by atoms with Gasteiger partial charge in [0, 0.05) is 0 Å². The first-order valence-electron chi connectivity index (χ1n) is 13.1. The van der Waals surface area contributed by atoms with E-state index in [-0.39, 0.29) is 0 Å². The molecule has 0 saturated heterocycles. The number of carbonyl (C=O) groups is 2. The lowest BCUT2D eigenvalue weighted by Gasteiger charge is -2.44. The minimum atomic E-state index is -9.80. The van der Waals surface area contributed by atoms with Gasteiger partial charge in [-0.15, -0.1) is 0 Å². The smallest absolute Gasteiger partial charge is 0.397 e. The van der Waals surface area contributed by atoms with Gasteiger partial charge in [-0.2, -0.15) is 167 Å². The number of ether oxygens (including phenoxy) is 2. The molecule has 0 bridgehead atoms. The molecular weight excluding hydrogens is 1050 g/mol. The van der Waals surface area contributed by atoms with Crippen molar-refractivity contribution in [3.8, 4) is 0 Å². The molecule has 6 nitrogen and oxygen atoms in total. The van der Waals surface area contributed by atoms with E-state index in [4.69, 9.17) is 0 Å². The Hall–Kier alpha value is -4.12. The van der Waals surface area contributed by atoms with Gasteiger partial charge in [-0.05, 0) is 0 Å². The number of nitrogens with zero attached hydrogens (tertiary/aromatic N) is 2. The summed E-state index contributed by atoms with van der Waals surface area (Å²) in [5.74, 6) is -132. The maximum absolute atomic E-state index is 14.7. The highest BCUT2D eigenvalue weighted by atomic mass is 19.5. The van der Waals surface area contributed by atoms with Crippen molar-refractivity contribution in [3.05, 3.63) is 0 Å². The van der Waals surface area contributed by atoms with Crippen LogP contribution in [0.15, 0.2) is 10.2 Å². The first kappa shape index (κ1) is 59.9. The van der Waals surface area contributed by atoms with Gasteiger partial charge in [0.25, 0.3) is 0 Å². The predicted octanol–water partition coefficient (Wildman–Crippen LogP) is 12.9. The summed E-state index contributed by atoms with van der Waals surface area (Å²) in [6, 6.07) is 0. The van der Waals surface area contributed by atoms with E-state index in [0.717, 1.165) is 0 Å². The van der Waals surface area contributed by atoms with Crippen LogP contribution in [0, 0.1) is 0 Å². The van der Waals surface area contributed by atoms with Gasteiger partial charge in [0.15, 0.2) is 0 Å². The van der Waals surface area contributed by atoms with Crippen LogP contribution >= 0.6 is 0 Å². The normalized spacial score (nSPS) is 18.2. The monoisotopic (exact) mass is 1050 g/mol. The van der Waals surface area contributed by atoms with E-state index in [0.29, 0.717) is 10.2 Å². The average Bonchev–Trinajstić information content (AvgIpc) is 3.03. The van der Waals surface area contributed by atoms with Gasteiger partial charge < -0.3 is 9.47 Å². The molecule has 44 heteroatoms. The number of rotatable bonds is 14. The maximum atomic E-state index is 14.7. The summed E-state index contributed by atoms with van der Waals surface area (Å²) in [5.41, 5.74) is 0. The van der Waals surface area contributed by atoms with Crippen molar-refractivity contribution in [1.82, 2.24) is 0 Å². The summed E-state index contributed by atoms with van der Waals surface area (Å²) in [5, 5.41) is 0.702. The van der Waals surface area contributed by atoms with Crippen LogP contribution in [-0.2, 0) is 9.47 Å². The Morgan fingerprint density at radius 2 is 0.359 bits per heavy atom. The minimum Gasteiger partial charge on any atom is -0.397 e. The van der Waals surface area contributed by atoms with Gasteiger partial charge in [0.1, 0.15) is 0 Å². The molecule has 0 saturated carbocycles. The highest BCUT2D eigenvalue weighted by molar-refractivity contribution is 5.74. The van der Waals surface area contributed by atoms with Crippen molar-refractivity contribution < 1.29 is 186 Å². The van der Waals surface area contributed by atoms with Crippen molar-refractivity contribution in [2.45, 2.75) is 107 Å². The quantitative estimate of drug-likeness (QED) is 0.128. The average molecular weight is 1050 g/mol. The zero-order valence-corrected chi connectivity index (χ0v) is 26.9. The molecular formula is C20F38N2O4. The third-order valence-electron chi connectivity index (χ3n) is 6.86. The molecule has 0 radical (unpaired) electrons. The highest BCUT2D eigenvalue weighted by Crippen LogP contribution is 2.67. The van der Waals surface area contributed by atoms with Crippen LogP contribution in [0.3, 0.4) is 0 Å². The summed E-state index contributed by atoms with van der Waals surface area (Å²) >= 11 is 0. The molecule has 0 rings (SSSR count). The molecule has 0 aliphatic heterocycles. The van der Waals surface area contributed by atoms with Gasteiger partial charge in [-0.25, -0.2) is 9.59 Å². The first-order valence-corrected chi connectivity index (χ1v) is 13.1. The fourth-order valence-electron chi connectivity index (χ4n) is 3.32. The second-order valence-corrected chi connectivity index (χ2v) is 11.0. The lowest BCUT2D eigenvalue weighted by molar-refractivity contribution is -0.482. The van der Waals surface area contributed by atoms with E-state index in [2.05, 4.69) is 0 Å². The molecule has 0 aromatic carbocycles. The Labute approximate surface area is 317 Å². The predicted molar refractivity (Wildman–Crippen MR) is 109 cm³/mol. The molecule has 64 heavy (non-hydrogen) atoms. The largest absolute Gasteiger partial charge is 0.461 e. The van der Waals surface area contributed by atoms with E-state index < -0.39 is 120 Å². The molecule has 2 amide bonds. The van der Waals surface area contributed by atoms with Crippen molar-refractivity contribution in [2.24, 2.45) is 10.2 Å². The van der Waals surface area contributed by atoms with Gasteiger partial charge in [0.05, 0.1) is 0 Å². The van der Waals surface area contributed by atoms with Crippen molar-refractivity contribution >= 4 is 12.2 Å². The van der Waals surface area contributed by atoms with Crippen LogP contribution in [-0.4, -0.2) is 120 Å². The number of halogens is 38. The second kappa shape index (κ2) is 15.2. The molecule has 0 aliphatic carbocycles. The summed E-state index contributed by atoms with van der Waals surface area (Å²) in [6.07, 6.45) is -44.5. The first-order chi connectivity index (χ1) is 27.0. The summed E-state index contributed by atoms with van der Waals surface area (Å²) in [4.78, 5) is 22.6. The van der Waals surface area contributed by atoms with Gasteiger partial charge >= 0.3 is 120 Å². The van der Waals surface area contributed by atoms with Crippen LogP contribution < -0.4 is 0 Å². The SMILES string of the molecule is O=C(N=NC(=O)OC(F)(C(F)(F)C(F)(F)F)C(F)(F)C(F)(F)C(F)(F)C(F)(F)C(F)(F)C(F)(F)F)OC(F)(C(F)(F)C(F)(F)F)C(F)(F)C(F)(F)C(F)(F)C(F)(F)C(F)(F)C(F)(F)F. The van der Waals surface area contributed by atoms with E-state index in [1.54, 1.807) is 0 Å². The molecule has 0 fully saturated rings. The van der Waals surface area contributed by atoms with Crippen LogP contribution in [0.2, 0.25) is 0 Å². The standard InChI is InChI=1S/C20F38N2O4/c21-3(22,7(29,30)11(37,38)17(47,48)49)5(25,26)9(33,34)15(45,13(41,42)19(53,54)55)63-1(61)59-60-2(62)64-16(46,14(43,44)20(56,57)58)10(35,36)6(27,28)4(23,24)8(31,32)12(39,40)18(50,51)52. The Balaban J connectivity index is 7.90. The molecule has 0 aliphatic rings. The van der Waals surface area contributed by atoms with E-state index in [1.165, 1.54) is 9.47 Å². The Morgan fingerprint density at radius 1 is 0.219 bits per heavy atom. The minimum absolute atomic E-state index is 0.351. The van der Waals surface area contributed by atoms with Crippen LogP contribution in [0.1, 0.15) is 0 Å². The number of alkyl halides is 38. The number of azo groups is 1. The number of hydrogen-bond acceptors (Lipinski definition) is 4. The van der Waals surface area contributed by atoms with Gasteiger partial charge in [-0.3, -0.25) is 0 Å². The lowest BCUT2D eigenvalue weighted by atomic mass is 9.88. The van der Waals surface area contributed by atoms with Crippen molar-refractivity contribution in [2.75, 3.05) is 0 Å². The molecule has 0 N–H and O–H groups in total. The third-order valence-corrected chi connectivity index (χ3v) is 6.86. The third kappa shape index (κ3) is 7.81. The van der Waals surface area contributed by atoms with Crippen LogP contribution in [0.5, 0.6) is 0 Å². The topological polar surface area (TPSA) is 77.3 Å². The van der Waals surface area contributed by atoms with Crippen LogP contribution in [0.25, 0.3) is 0 Å². The fourth-order valence-corrected chi connectivity index (χ4v) is 3.32. The molecule has 0 aromatic heterocycles. The molecule has 0 heterocycles. The second-order valence-electron chi connectivity index (χ2n) is 11.0. The fraction of sp³-hybridized carbons (Fsp3) is 0.900. The number of amides is 2. The molecule has 0 spiro atoms. The highest BCUT2D eigenvalue weighted by Gasteiger charge is 2.99.